The van der Waals surface area contributed by atoms with E-state index in [0.29, 0.717) is 0 Å². The van der Waals surface area contributed by atoms with Gasteiger partial charge in [-0.3, -0.25) is 0 Å². The summed E-state index contributed by atoms with van der Waals surface area (Å²) in [5.41, 5.74) is 44.4. The number of para-hydroxylation sites is 1. The van der Waals surface area contributed by atoms with Gasteiger partial charge in [0.1, 0.15) is 0 Å². The molecule has 0 saturated heterocycles. The Morgan fingerprint density at radius 2 is 0.550 bits per heavy atom. The number of rotatable bonds is 9. The van der Waals surface area contributed by atoms with Crippen molar-refractivity contribution in [1.82, 2.24) is 0 Å². The maximum atomic E-state index is 2.61. The molecule has 0 atom stereocenters. The summed E-state index contributed by atoms with van der Waals surface area (Å²) in [5.74, 6) is 0. The fourth-order valence-corrected chi connectivity index (χ4v) is 13.9. The van der Waals surface area contributed by atoms with Crippen molar-refractivity contribution in [2.24, 2.45) is 0 Å². The highest BCUT2D eigenvalue weighted by molar-refractivity contribution is 5.92. The van der Waals surface area contributed by atoms with Crippen LogP contribution in [0, 0.1) is 152 Å². The second-order valence-electron chi connectivity index (χ2n) is 24.1. The monoisotopic (exact) mass is 1050 g/mol. The fourth-order valence-electron chi connectivity index (χ4n) is 13.9. The zero-order chi connectivity index (χ0) is 57.9. The number of hydrogen-bond donors (Lipinski definition) is 0. The summed E-state index contributed by atoms with van der Waals surface area (Å²) in [7, 11) is 0. The number of nitrogens with zero attached hydrogens (tertiary/aromatic N) is 3. The van der Waals surface area contributed by atoms with E-state index < -0.39 is 5.41 Å². The maximum Gasteiger partial charge on any atom is 0.0742 e. The predicted octanol–water partition coefficient (Wildman–Crippen LogP) is 21.6. The van der Waals surface area contributed by atoms with Gasteiger partial charge in [0, 0.05) is 17.1 Å². The molecule has 0 unspecified atom stereocenters. The van der Waals surface area contributed by atoms with Crippen LogP contribution < -0.4 is 14.7 Å². The maximum absolute atomic E-state index is 2.61. The van der Waals surface area contributed by atoms with Gasteiger partial charge in [0.25, 0.3) is 0 Å². The Morgan fingerprint density at radius 1 is 0.263 bits per heavy atom. The van der Waals surface area contributed by atoms with Gasteiger partial charge in [0.15, 0.2) is 0 Å². The molecule has 9 aromatic carbocycles. The number of benzene rings is 9. The van der Waals surface area contributed by atoms with Crippen molar-refractivity contribution in [3.8, 4) is 0 Å². The number of fused-ring (bicyclic) bond motifs is 2. The second-order valence-corrected chi connectivity index (χ2v) is 24.1. The van der Waals surface area contributed by atoms with E-state index in [-0.39, 0.29) is 0 Å². The molecule has 10 rings (SSSR count). The molecule has 0 spiro atoms. The zero-order valence-corrected chi connectivity index (χ0v) is 52.3. The molecule has 0 radical (unpaired) electrons. The van der Waals surface area contributed by atoms with Gasteiger partial charge in [-0.1, -0.05) is 77.9 Å². The van der Waals surface area contributed by atoms with Gasteiger partial charge in [-0.2, -0.15) is 0 Å². The lowest BCUT2D eigenvalue weighted by molar-refractivity contribution is 0.730. The molecule has 3 heteroatoms. The third-order valence-electron chi connectivity index (χ3n) is 20.5. The molecule has 408 valence electrons. The minimum absolute atomic E-state index is 0.733. The Labute approximate surface area is 481 Å². The topological polar surface area (TPSA) is 9.72 Å². The Morgan fingerprint density at radius 3 is 0.887 bits per heavy atom. The standard InChI is InChI=1S/C77H85N3/c1-42-27-34-66(35-28-42)78-71-26-24-23-25-69(71)77(70-41-43(2)29-40-72(70)78,64-30-36-67(37-31-64)79(73-56(15)48(7)44(3)49(8)57(73)16)74-58(17)50(9)45(4)51(10)59(74)18)65-32-38-68(39-33-65)80(75-60(19)52(11)46(5)53(12)61(75)20)76-62(21)54(13)47(6)55(14)63(76)22/h23-41H,1-22H3. The van der Waals surface area contributed by atoms with Gasteiger partial charge in [0.05, 0.1) is 39.5 Å². The molecule has 9 aromatic rings. The van der Waals surface area contributed by atoms with Gasteiger partial charge in [0.2, 0.25) is 0 Å². The van der Waals surface area contributed by atoms with Crippen LogP contribution in [0.5, 0.6) is 0 Å². The molecule has 0 N–H and O–H groups in total. The molecule has 0 fully saturated rings. The normalized spacial score (nSPS) is 12.7. The Bertz CT molecular complexity index is 3550. The highest BCUT2D eigenvalue weighted by Crippen LogP contribution is 2.59. The third kappa shape index (κ3) is 8.27. The number of hydrogen-bond acceptors (Lipinski definition) is 3. The first kappa shape index (κ1) is 55.7. The Hall–Kier alpha value is -7.62. The van der Waals surface area contributed by atoms with Crippen LogP contribution in [0.25, 0.3) is 0 Å². The van der Waals surface area contributed by atoms with E-state index in [1.807, 2.05) is 0 Å². The largest absolute Gasteiger partial charge is 0.310 e. The molecule has 1 aliphatic heterocycles. The number of anilines is 9. The minimum atomic E-state index is -0.733. The predicted molar refractivity (Wildman–Crippen MR) is 347 cm³/mol. The van der Waals surface area contributed by atoms with E-state index in [4.69, 9.17) is 0 Å². The van der Waals surface area contributed by atoms with Crippen molar-refractivity contribution >= 4 is 51.2 Å². The van der Waals surface area contributed by atoms with Crippen molar-refractivity contribution in [1.29, 1.82) is 0 Å². The molecule has 1 heterocycles. The van der Waals surface area contributed by atoms with Crippen molar-refractivity contribution in [3.05, 3.63) is 260 Å². The molecule has 0 bridgehead atoms. The summed E-state index contributed by atoms with van der Waals surface area (Å²) < 4.78 is 0. The van der Waals surface area contributed by atoms with Crippen LogP contribution in [0.15, 0.2) is 115 Å². The molecule has 1 aliphatic rings. The van der Waals surface area contributed by atoms with Crippen LogP contribution in [0.3, 0.4) is 0 Å². The Kier molecular flexibility index (Phi) is 14.3. The summed E-state index contributed by atoms with van der Waals surface area (Å²) in [4.78, 5) is 7.71. The average molecular weight is 1050 g/mol. The summed E-state index contributed by atoms with van der Waals surface area (Å²) in [5, 5.41) is 0. The van der Waals surface area contributed by atoms with Crippen molar-refractivity contribution in [2.75, 3.05) is 14.7 Å². The quantitative estimate of drug-likeness (QED) is 0.143. The van der Waals surface area contributed by atoms with E-state index in [1.165, 1.54) is 179 Å². The van der Waals surface area contributed by atoms with Gasteiger partial charge in [-0.25, -0.2) is 0 Å². The first-order valence-corrected chi connectivity index (χ1v) is 29.0. The van der Waals surface area contributed by atoms with Crippen LogP contribution in [-0.2, 0) is 5.41 Å². The van der Waals surface area contributed by atoms with Gasteiger partial charge < -0.3 is 14.7 Å². The van der Waals surface area contributed by atoms with Gasteiger partial charge in [-0.15, -0.1) is 0 Å². The highest BCUT2D eigenvalue weighted by Gasteiger charge is 2.47. The summed E-state index contributed by atoms with van der Waals surface area (Å²) >= 11 is 0. The van der Waals surface area contributed by atoms with Gasteiger partial charge >= 0.3 is 0 Å². The lowest BCUT2D eigenvalue weighted by atomic mass is 9.62. The third-order valence-corrected chi connectivity index (χ3v) is 20.5. The molecule has 0 aromatic heterocycles. The van der Waals surface area contributed by atoms with Crippen LogP contribution in [0.2, 0.25) is 0 Å². The smallest absolute Gasteiger partial charge is 0.0742 e. The van der Waals surface area contributed by atoms with E-state index in [2.05, 4.69) is 282 Å². The molecule has 0 saturated carbocycles. The SMILES string of the molecule is Cc1ccc(N2c3ccccc3C(c3ccc(N(c4c(C)c(C)c(C)c(C)c4C)c4c(C)c(C)c(C)c(C)c4C)cc3)(c3ccc(N(c4c(C)c(C)c(C)c(C)c4C)c4c(C)c(C)c(C)c(C)c4C)cc3)c3cc(C)ccc32)cc1. The van der Waals surface area contributed by atoms with Gasteiger partial charge in [-0.05, 0) is 334 Å². The fraction of sp³-hybridized carbons (Fsp3) is 0.299. The second kappa shape index (κ2) is 20.5. The highest BCUT2D eigenvalue weighted by atomic mass is 15.2. The number of aryl methyl sites for hydroxylation is 2. The van der Waals surface area contributed by atoms with Crippen molar-refractivity contribution in [3.63, 3.8) is 0 Å². The molecule has 80 heavy (non-hydrogen) atoms. The summed E-state index contributed by atoms with van der Waals surface area (Å²) in [6.45, 7) is 50.6. The lowest BCUT2D eigenvalue weighted by Gasteiger charge is -2.47. The van der Waals surface area contributed by atoms with E-state index in [0.717, 1.165) is 17.1 Å². The van der Waals surface area contributed by atoms with Crippen LogP contribution in [0.4, 0.5) is 51.2 Å². The average Bonchev–Trinajstić information content (AvgIpc) is 3.25. The summed E-state index contributed by atoms with van der Waals surface area (Å²) in [6, 6.07) is 44.9. The molecule has 0 aliphatic carbocycles. The molecular weight excluding hydrogens is 967 g/mol. The Balaban J connectivity index is 1.29. The van der Waals surface area contributed by atoms with E-state index in [9.17, 15) is 0 Å². The van der Waals surface area contributed by atoms with Crippen molar-refractivity contribution < 1.29 is 0 Å². The molecule has 3 nitrogen and oxygen atoms in total. The first-order valence-electron chi connectivity index (χ1n) is 29.0. The molecular formula is C77H85N3. The van der Waals surface area contributed by atoms with E-state index in [1.54, 1.807) is 0 Å². The van der Waals surface area contributed by atoms with Crippen LogP contribution >= 0.6 is 0 Å². The first-order chi connectivity index (χ1) is 37.9. The lowest BCUT2D eigenvalue weighted by Crippen LogP contribution is -2.38. The van der Waals surface area contributed by atoms with Crippen LogP contribution in [-0.4, -0.2) is 0 Å². The summed E-state index contributed by atoms with van der Waals surface area (Å²) in [6.07, 6.45) is 0. The van der Waals surface area contributed by atoms with E-state index >= 15 is 0 Å². The minimum Gasteiger partial charge on any atom is -0.310 e. The molecule has 0 amide bonds. The van der Waals surface area contributed by atoms with Crippen LogP contribution in [0.1, 0.15) is 145 Å². The zero-order valence-electron chi connectivity index (χ0n) is 52.3. The van der Waals surface area contributed by atoms with Crippen molar-refractivity contribution in [2.45, 2.75) is 158 Å².